The molecule has 0 bridgehead atoms. The molecule has 0 fully saturated rings. The van der Waals surface area contributed by atoms with Crippen molar-refractivity contribution in [3.63, 3.8) is 0 Å². The molecule has 2 heterocycles. The number of rotatable bonds is 18. The van der Waals surface area contributed by atoms with Crippen LogP contribution in [0.2, 0.25) is 0 Å². The van der Waals surface area contributed by atoms with Crippen LogP contribution in [0.5, 0.6) is 0 Å². The van der Waals surface area contributed by atoms with Gasteiger partial charge in [-0.1, -0.05) is 102 Å². The lowest BCUT2D eigenvalue weighted by Gasteiger charge is -2.08. The Morgan fingerprint density at radius 2 is 1.41 bits per heavy atom. The molecule has 0 aliphatic heterocycles. The van der Waals surface area contributed by atoms with E-state index in [0.717, 1.165) is 12.8 Å². The zero-order valence-electron chi connectivity index (χ0n) is 20.0. The molecular weight excluding hydrogens is 424 g/mol. The van der Waals surface area contributed by atoms with Crippen molar-refractivity contribution in [2.45, 2.75) is 109 Å². The zero-order valence-corrected chi connectivity index (χ0v) is 20.9. The maximum atomic E-state index is 12.4. The van der Waals surface area contributed by atoms with Crippen LogP contribution in [-0.4, -0.2) is 36.6 Å². The first-order valence-electron chi connectivity index (χ1n) is 12.5. The molecule has 32 heavy (non-hydrogen) atoms. The number of unbranched alkanes of at least 4 members (excludes halogenated alkanes) is 13. The normalized spacial score (nSPS) is 11.6. The minimum absolute atomic E-state index is 0.0437. The molecule has 2 aromatic rings. The molecule has 0 radical (unpaired) electrons. The summed E-state index contributed by atoms with van der Waals surface area (Å²) in [5.74, 6) is 0.508. The second-order valence-electron chi connectivity index (χ2n) is 8.70. The van der Waals surface area contributed by atoms with Crippen LogP contribution in [0.15, 0.2) is 14.7 Å². The van der Waals surface area contributed by atoms with Gasteiger partial charge in [0.05, 0.1) is 6.61 Å². The highest BCUT2D eigenvalue weighted by atomic mass is 32.2. The molecule has 2 rings (SSSR count). The molecule has 2 aromatic heterocycles. The van der Waals surface area contributed by atoms with Crippen molar-refractivity contribution < 1.29 is 5.11 Å². The fourth-order valence-corrected chi connectivity index (χ4v) is 4.90. The van der Waals surface area contributed by atoms with E-state index in [4.69, 9.17) is 0 Å². The molecule has 0 amide bonds. The van der Waals surface area contributed by atoms with E-state index in [1.54, 1.807) is 7.05 Å². The van der Waals surface area contributed by atoms with Crippen molar-refractivity contribution in [1.29, 1.82) is 0 Å². The van der Waals surface area contributed by atoms with Gasteiger partial charge in [0.2, 0.25) is 0 Å². The number of aromatic nitrogens is 4. The van der Waals surface area contributed by atoms with Gasteiger partial charge < -0.3 is 9.67 Å². The van der Waals surface area contributed by atoms with Gasteiger partial charge >= 0.3 is 5.69 Å². The predicted molar refractivity (Wildman–Crippen MR) is 134 cm³/mol. The van der Waals surface area contributed by atoms with Crippen molar-refractivity contribution in [3.8, 4) is 0 Å². The van der Waals surface area contributed by atoms with Gasteiger partial charge in [-0.25, -0.2) is 9.78 Å². The van der Waals surface area contributed by atoms with Gasteiger partial charge in [0, 0.05) is 19.3 Å². The van der Waals surface area contributed by atoms with E-state index in [9.17, 15) is 14.7 Å². The Labute approximate surface area is 196 Å². The summed E-state index contributed by atoms with van der Waals surface area (Å²) in [4.78, 5) is 31.2. The number of imidazole rings is 1. The lowest BCUT2D eigenvalue weighted by Crippen LogP contribution is -2.29. The van der Waals surface area contributed by atoms with Gasteiger partial charge in [-0.3, -0.25) is 14.3 Å². The molecule has 8 heteroatoms. The summed E-state index contributed by atoms with van der Waals surface area (Å²) < 4.78 is 3.29. The maximum absolute atomic E-state index is 12.4. The average Bonchev–Trinajstić information content (AvgIpc) is 3.15. The Bertz CT molecular complexity index is 903. The molecular formula is C24H42N4O3S. The number of nitrogens with zero attached hydrogens (tertiary/aromatic N) is 3. The molecule has 0 aliphatic rings. The molecule has 2 N–H and O–H groups in total. The van der Waals surface area contributed by atoms with E-state index >= 15 is 0 Å². The molecule has 0 aliphatic carbocycles. The van der Waals surface area contributed by atoms with Gasteiger partial charge in [-0.2, -0.15) is 0 Å². The summed E-state index contributed by atoms with van der Waals surface area (Å²) in [7, 11) is 1.62. The van der Waals surface area contributed by atoms with Crippen molar-refractivity contribution in [2.75, 3.05) is 12.4 Å². The second kappa shape index (κ2) is 15.3. The minimum Gasteiger partial charge on any atom is -0.396 e. The summed E-state index contributed by atoms with van der Waals surface area (Å²) in [6.07, 6.45) is 18.3. The number of hydrogen-bond donors (Lipinski definition) is 2. The Hall–Kier alpha value is -1.54. The van der Waals surface area contributed by atoms with Crippen molar-refractivity contribution in [2.24, 2.45) is 7.05 Å². The largest absolute Gasteiger partial charge is 0.396 e. The van der Waals surface area contributed by atoms with Gasteiger partial charge in [0.15, 0.2) is 16.3 Å². The van der Waals surface area contributed by atoms with Crippen LogP contribution in [0.25, 0.3) is 11.2 Å². The number of hydrogen-bond acceptors (Lipinski definition) is 5. The van der Waals surface area contributed by atoms with Crippen LogP contribution in [0.3, 0.4) is 0 Å². The Morgan fingerprint density at radius 3 is 1.94 bits per heavy atom. The van der Waals surface area contributed by atoms with Crippen LogP contribution in [0, 0.1) is 0 Å². The quantitative estimate of drug-likeness (QED) is 0.238. The number of fused-ring (bicyclic) bond motifs is 1. The molecule has 0 saturated heterocycles. The summed E-state index contributed by atoms with van der Waals surface area (Å²) in [5.41, 5.74) is 0.00551. The number of aromatic amines is 1. The first-order valence-corrected chi connectivity index (χ1v) is 13.5. The van der Waals surface area contributed by atoms with Gasteiger partial charge in [-0.05, 0) is 6.42 Å². The fourth-order valence-electron chi connectivity index (χ4n) is 4.13. The third-order valence-electron chi connectivity index (χ3n) is 6.03. The van der Waals surface area contributed by atoms with Crippen molar-refractivity contribution in [1.82, 2.24) is 19.1 Å². The first kappa shape index (κ1) is 26.7. The highest BCUT2D eigenvalue weighted by Gasteiger charge is 2.17. The smallest absolute Gasteiger partial charge is 0.329 e. The topological polar surface area (TPSA) is 92.9 Å². The summed E-state index contributed by atoms with van der Waals surface area (Å²) in [6.45, 7) is 3.01. The minimum atomic E-state index is -0.456. The maximum Gasteiger partial charge on any atom is 0.329 e. The van der Waals surface area contributed by atoms with E-state index in [-0.39, 0.29) is 6.61 Å². The molecule has 0 spiro atoms. The number of nitrogens with one attached hydrogen (secondary N) is 1. The third kappa shape index (κ3) is 8.43. The lowest BCUT2D eigenvalue weighted by atomic mass is 10.0. The first-order chi connectivity index (χ1) is 15.6. The summed E-state index contributed by atoms with van der Waals surface area (Å²) >= 11 is 1.42. The zero-order chi connectivity index (χ0) is 23.2. The van der Waals surface area contributed by atoms with Crippen LogP contribution in [-0.2, 0) is 13.6 Å². The Kier molecular flexibility index (Phi) is 12.8. The molecule has 0 saturated carbocycles. The van der Waals surface area contributed by atoms with E-state index in [2.05, 4.69) is 16.9 Å². The van der Waals surface area contributed by atoms with Crippen LogP contribution in [0.1, 0.15) is 96.8 Å². The molecule has 0 unspecified atom stereocenters. The van der Waals surface area contributed by atoms with Crippen LogP contribution < -0.4 is 11.2 Å². The highest BCUT2D eigenvalue weighted by Crippen LogP contribution is 2.22. The number of thioether (sulfide) groups is 1. The standard InChI is InChI=1S/C24H42N4O3S/c1-3-4-5-6-7-8-9-10-11-12-13-14-15-16-17-28-20-21(25-24(28)32-19-18-29)27(2)23(31)26-22(20)30/h29H,3-19H2,1-2H3,(H,26,30,31). The number of H-pyrrole nitrogens is 1. The van der Waals surface area contributed by atoms with E-state index in [1.807, 2.05) is 4.57 Å². The fraction of sp³-hybridized carbons (Fsp3) is 0.792. The second-order valence-corrected chi connectivity index (χ2v) is 9.77. The van der Waals surface area contributed by atoms with Crippen molar-refractivity contribution in [3.05, 3.63) is 20.8 Å². The Morgan fingerprint density at radius 1 is 0.875 bits per heavy atom. The summed E-state index contributed by atoms with van der Waals surface area (Å²) in [5, 5.41) is 9.86. The van der Waals surface area contributed by atoms with Crippen LogP contribution in [0.4, 0.5) is 0 Å². The summed E-state index contributed by atoms with van der Waals surface area (Å²) in [6, 6.07) is 0. The number of aryl methyl sites for hydroxylation is 2. The third-order valence-corrected chi connectivity index (χ3v) is 6.99. The monoisotopic (exact) mass is 466 g/mol. The van der Waals surface area contributed by atoms with E-state index in [1.165, 1.54) is 93.4 Å². The number of aliphatic hydroxyl groups is 1. The van der Waals surface area contributed by atoms with Gasteiger partial charge in [0.25, 0.3) is 5.56 Å². The lowest BCUT2D eigenvalue weighted by molar-refractivity contribution is 0.322. The SMILES string of the molecule is CCCCCCCCCCCCCCCCn1c(SCCO)nc2c1c(=O)[nH]c(=O)n2C. The molecule has 182 valence electrons. The van der Waals surface area contributed by atoms with Gasteiger partial charge in [0.1, 0.15) is 0 Å². The van der Waals surface area contributed by atoms with Crippen molar-refractivity contribution >= 4 is 22.9 Å². The van der Waals surface area contributed by atoms with E-state index < -0.39 is 11.2 Å². The average molecular weight is 467 g/mol. The molecule has 7 nitrogen and oxygen atoms in total. The van der Waals surface area contributed by atoms with Crippen LogP contribution >= 0.6 is 11.8 Å². The molecule has 0 aromatic carbocycles. The highest BCUT2D eigenvalue weighted by molar-refractivity contribution is 7.99. The Balaban J connectivity index is 1.70. The van der Waals surface area contributed by atoms with E-state index in [0.29, 0.717) is 28.6 Å². The van der Waals surface area contributed by atoms with Gasteiger partial charge in [-0.15, -0.1) is 0 Å². The number of aliphatic hydroxyl groups excluding tert-OH is 1. The molecule has 0 atom stereocenters. The predicted octanol–water partition coefficient (Wildman–Crippen LogP) is 4.99.